The van der Waals surface area contributed by atoms with Gasteiger partial charge < -0.3 is 20.1 Å². The largest absolute Gasteiger partial charge is 0.493 e. The molecule has 0 bridgehead atoms. The summed E-state index contributed by atoms with van der Waals surface area (Å²) in [5.41, 5.74) is 1.34. The molecule has 0 heterocycles. The Hall–Kier alpha value is -3.09. The lowest BCUT2D eigenvalue weighted by molar-refractivity contribution is 0.0950. The summed E-state index contributed by atoms with van der Waals surface area (Å²) >= 11 is 0. The maximum atomic E-state index is 14.3. The molecular formula is C21H23FN2O4. The highest BCUT2D eigenvalue weighted by Crippen LogP contribution is 2.33. The second-order valence-corrected chi connectivity index (χ2v) is 6.80. The van der Waals surface area contributed by atoms with Gasteiger partial charge in [0.25, 0.3) is 11.8 Å². The van der Waals surface area contributed by atoms with Crippen molar-refractivity contribution in [3.63, 3.8) is 0 Å². The number of carbonyl (C=O) groups is 2. The fourth-order valence-corrected chi connectivity index (χ4v) is 2.86. The normalized spacial score (nSPS) is 13.0. The molecule has 148 valence electrons. The molecule has 0 unspecified atom stereocenters. The Morgan fingerprint density at radius 2 is 1.86 bits per heavy atom. The number of ether oxygens (including phenoxy) is 2. The van der Waals surface area contributed by atoms with Gasteiger partial charge in [0, 0.05) is 17.8 Å². The summed E-state index contributed by atoms with van der Waals surface area (Å²) in [6.07, 6.45) is 2.28. The van der Waals surface area contributed by atoms with Crippen molar-refractivity contribution in [3.05, 3.63) is 52.8 Å². The van der Waals surface area contributed by atoms with E-state index in [4.69, 9.17) is 9.47 Å². The van der Waals surface area contributed by atoms with E-state index in [1.807, 2.05) is 0 Å². The summed E-state index contributed by atoms with van der Waals surface area (Å²) in [6, 6.07) is 7.55. The van der Waals surface area contributed by atoms with E-state index < -0.39 is 11.7 Å². The fraction of sp³-hybridized carbons (Fsp3) is 0.333. The van der Waals surface area contributed by atoms with Gasteiger partial charge in [-0.2, -0.15) is 0 Å². The topological polar surface area (TPSA) is 76.7 Å². The number of benzene rings is 2. The van der Waals surface area contributed by atoms with Gasteiger partial charge in [-0.15, -0.1) is 0 Å². The number of rotatable bonds is 7. The molecule has 0 aromatic heterocycles. The van der Waals surface area contributed by atoms with Gasteiger partial charge in [0.15, 0.2) is 11.5 Å². The van der Waals surface area contributed by atoms with Crippen LogP contribution in [0, 0.1) is 18.7 Å². The minimum absolute atomic E-state index is 0.0102. The van der Waals surface area contributed by atoms with E-state index in [9.17, 15) is 14.0 Å². The van der Waals surface area contributed by atoms with E-state index in [-0.39, 0.29) is 23.0 Å². The van der Waals surface area contributed by atoms with E-state index in [2.05, 4.69) is 10.6 Å². The number of anilines is 1. The van der Waals surface area contributed by atoms with E-state index in [1.165, 1.54) is 20.3 Å². The summed E-state index contributed by atoms with van der Waals surface area (Å²) in [4.78, 5) is 25.1. The highest BCUT2D eigenvalue weighted by Gasteiger charge is 2.24. The first-order chi connectivity index (χ1) is 13.4. The molecule has 0 atom stereocenters. The minimum atomic E-state index is -0.730. The molecular weight excluding hydrogens is 363 g/mol. The summed E-state index contributed by atoms with van der Waals surface area (Å²) in [6.45, 7) is 2.45. The second kappa shape index (κ2) is 8.29. The van der Waals surface area contributed by atoms with E-state index in [0.29, 0.717) is 23.7 Å². The van der Waals surface area contributed by atoms with Crippen molar-refractivity contribution >= 4 is 17.5 Å². The van der Waals surface area contributed by atoms with Crippen LogP contribution in [0.2, 0.25) is 0 Å². The molecule has 1 aliphatic carbocycles. The summed E-state index contributed by atoms with van der Waals surface area (Å²) < 4.78 is 24.6. The van der Waals surface area contributed by atoms with E-state index in [0.717, 1.165) is 24.5 Å². The third-order valence-electron chi connectivity index (χ3n) is 4.72. The predicted molar refractivity (Wildman–Crippen MR) is 104 cm³/mol. The molecule has 6 nitrogen and oxygen atoms in total. The number of nitrogens with one attached hydrogen (secondary N) is 2. The van der Waals surface area contributed by atoms with Crippen LogP contribution in [0.1, 0.15) is 39.1 Å². The molecule has 0 saturated heterocycles. The van der Waals surface area contributed by atoms with Crippen molar-refractivity contribution < 1.29 is 23.5 Å². The lowest BCUT2D eigenvalue weighted by Crippen LogP contribution is -2.25. The lowest BCUT2D eigenvalue weighted by atomic mass is 10.1. The first-order valence-corrected chi connectivity index (χ1v) is 9.05. The number of hydrogen-bond donors (Lipinski definition) is 2. The zero-order valence-electron chi connectivity index (χ0n) is 16.1. The van der Waals surface area contributed by atoms with Crippen molar-refractivity contribution in [1.29, 1.82) is 0 Å². The molecule has 0 aliphatic heterocycles. The Kier molecular flexibility index (Phi) is 5.82. The lowest BCUT2D eigenvalue weighted by Gasteiger charge is -2.15. The van der Waals surface area contributed by atoms with Crippen LogP contribution in [0.3, 0.4) is 0 Å². The number of halogens is 1. The quantitative estimate of drug-likeness (QED) is 0.763. The second-order valence-electron chi connectivity index (χ2n) is 6.80. The molecule has 2 N–H and O–H groups in total. The number of carbonyl (C=O) groups excluding carboxylic acids is 2. The van der Waals surface area contributed by atoms with Crippen LogP contribution in [0.5, 0.6) is 11.5 Å². The molecule has 1 aliphatic rings. The Morgan fingerprint density at radius 3 is 2.50 bits per heavy atom. The van der Waals surface area contributed by atoms with Crippen LogP contribution in [-0.2, 0) is 0 Å². The average Bonchev–Trinajstić information content (AvgIpc) is 3.51. The Bertz CT molecular complexity index is 910. The average molecular weight is 386 g/mol. The van der Waals surface area contributed by atoms with Gasteiger partial charge in [-0.05, 0) is 55.5 Å². The first kappa shape index (κ1) is 19.7. The van der Waals surface area contributed by atoms with Gasteiger partial charge in [-0.1, -0.05) is 6.07 Å². The van der Waals surface area contributed by atoms with Crippen molar-refractivity contribution in [2.45, 2.75) is 19.8 Å². The molecule has 0 spiro atoms. The molecule has 0 radical (unpaired) electrons. The van der Waals surface area contributed by atoms with E-state index >= 15 is 0 Å². The van der Waals surface area contributed by atoms with Crippen molar-refractivity contribution in [3.8, 4) is 11.5 Å². The Balaban J connectivity index is 1.84. The number of hydrogen-bond acceptors (Lipinski definition) is 4. The summed E-state index contributed by atoms with van der Waals surface area (Å²) in [7, 11) is 2.75. The van der Waals surface area contributed by atoms with Gasteiger partial charge in [0.05, 0.1) is 14.2 Å². The van der Waals surface area contributed by atoms with Gasteiger partial charge >= 0.3 is 0 Å². The third kappa shape index (κ3) is 4.24. The zero-order chi connectivity index (χ0) is 20.3. The van der Waals surface area contributed by atoms with Gasteiger partial charge in [0.1, 0.15) is 11.4 Å². The molecule has 2 aromatic rings. The van der Waals surface area contributed by atoms with Crippen LogP contribution in [-0.4, -0.2) is 32.6 Å². The zero-order valence-corrected chi connectivity index (χ0v) is 16.1. The van der Waals surface area contributed by atoms with Crippen molar-refractivity contribution in [1.82, 2.24) is 5.32 Å². The maximum Gasteiger partial charge on any atom is 0.262 e. The van der Waals surface area contributed by atoms with Crippen LogP contribution < -0.4 is 20.1 Å². The third-order valence-corrected chi connectivity index (χ3v) is 4.72. The van der Waals surface area contributed by atoms with E-state index in [1.54, 1.807) is 25.1 Å². The predicted octanol–water partition coefficient (Wildman–Crippen LogP) is 3.54. The standard InChI is InChI=1S/C21H23FN2O4/c1-12-4-7-14(20(25)23-11-13-5-6-13)10-16(12)24-21(26)18-15(22)8-9-17(27-2)19(18)28-3/h4,7-10,13H,5-6,11H2,1-3H3,(H,23,25)(H,24,26). The monoisotopic (exact) mass is 386 g/mol. The van der Waals surface area contributed by atoms with Gasteiger partial charge in [-0.3, -0.25) is 9.59 Å². The van der Waals surface area contributed by atoms with Gasteiger partial charge in [-0.25, -0.2) is 4.39 Å². The van der Waals surface area contributed by atoms with Crippen LogP contribution >= 0.6 is 0 Å². The number of aryl methyl sites for hydroxylation is 1. The minimum Gasteiger partial charge on any atom is -0.493 e. The highest BCUT2D eigenvalue weighted by atomic mass is 19.1. The number of amides is 2. The Morgan fingerprint density at radius 1 is 1.11 bits per heavy atom. The molecule has 3 rings (SSSR count). The molecule has 2 amide bonds. The van der Waals surface area contributed by atoms with Gasteiger partial charge in [0.2, 0.25) is 0 Å². The fourth-order valence-electron chi connectivity index (χ4n) is 2.86. The van der Waals surface area contributed by atoms with Crippen molar-refractivity contribution in [2.24, 2.45) is 5.92 Å². The van der Waals surface area contributed by atoms with Crippen LogP contribution in [0.4, 0.5) is 10.1 Å². The molecule has 2 aromatic carbocycles. The van der Waals surface area contributed by atoms with Crippen LogP contribution in [0.15, 0.2) is 30.3 Å². The highest BCUT2D eigenvalue weighted by molar-refractivity contribution is 6.08. The van der Waals surface area contributed by atoms with Crippen LogP contribution in [0.25, 0.3) is 0 Å². The SMILES string of the molecule is COc1ccc(F)c(C(=O)Nc2cc(C(=O)NCC3CC3)ccc2C)c1OC. The summed E-state index contributed by atoms with van der Waals surface area (Å²) in [5.74, 6) is -0.794. The molecule has 1 saturated carbocycles. The number of methoxy groups -OCH3 is 2. The Labute approximate surface area is 163 Å². The maximum absolute atomic E-state index is 14.3. The molecule has 7 heteroatoms. The molecule has 28 heavy (non-hydrogen) atoms. The van der Waals surface area contributed by atoms with Crippen molar-refractivity contribution in [2.75, 3.05) is 26.1 Å². The molecule has 1 fully saturated rings. The smallest absolute Gasteiger partial charge is 0.262 e. The first-order valence-electron chi connectivity index (χ1n) is 9.05. The summed E-state index contributed by atoms with van der Waals surface area (Å²) in [5, 5.41) is 5.56.